The minimum Gasteiger partial charge on any atom is -0.423 e. The van der Waals surface area contributed by atoms with Gasteiger partial charge in [0.15, 0.2) is 0 Å². The van der Waals surface area contributed by atoms with E-state index in [1.165, 1.54) is 19.3 Å². The molecule has 0 spiro atoms. The van der Waals surface area contributed by atoms with Gasteiger partial charge in [0, 0.05) is 0 Å². The lowest BCUT2D eigenvalue weighted by Crippen LogP contribution is -2.23. The Balaban J connectivity index is 2.39. The van der Waals surface area contributed by atoms with Crippen molar-refractivity contribution in [1.29, 1.82) is 0 Å². The fraction of sp³-hybridized carbons (Fsp3) is 0.750. The molecule has 0 bridgehead atoms. The molecular weight excluding hydrogens is 139 g/mol. The average Bonchev–Trinajstić information content (AvgIpc) is 2.05. The zero-order chi connectivity index (χ0) is 8.27. The van der Waals surface area contributed by atoms with Crippen molar-refractivity contribution in [2.75, 3.05) is 0 Å². The summed E-state index contributed by atoms with van der Waals surface area (Å²) in [5.41, 5.74) is 0.602. The number of rotatable bonds is 2. The molecule has 1 fully saturated rings. The van der Waals surface area contributed by atoms with Gasteiger partial charge in [-0.05, 0) is 24.2 Å². The summed E-state index contributed by atoms with van der Waals surface area (Å²) in [6, 6.07) is 0. The van der Waals surface area contributed by atoms with Gasteiger partial charge >= 0.3 is 7.12 Å². The monoisotopic (exact) mass is 154 g/mol. The fourth-order valence-electron chi connectivity index (χ4n) is 1.68. The maximum Gasteiger partial charge on any atom is 0.483 e. The third-order valence-electron chi connectivity index (χ3n) is 2.46. The lowest BCUT2D eigenvalue weighted by Gasteiger charge is -2.23. The molecule has 0 aliphatic heterocycles. The fourth-order valence-corrected chi connectivity index (χ4v) is 1.68. The zero-order valence-electron chi connectivity index (χ0n) is 6.79. The first-order valence-electron chi connectivity index (χ1n) is 4.26. The zero-order valence-corrected chi connectivity index (χ0v) is 6.79. The number of hydrogen-bond donors (Lipinski definition) is 2. The van der Waals surface area contributed by atoms with E-state index in [0.717, 1.165) is 12.8 Å². The first-order chi connectivity index (χ1) is 5.22. The van der Waals surface area contributed by atoms with Crippen LogP contribution in [0.25, 0.3) is 0 Å². The van der Waals surface area contributed by atoms with Gasteiger partial charge in [-0.25, -0.2) is 0 Å². The van der Waals surface area contributed by atoms with Crippen molar-refractivity contribution < 1.29 is 10.0 Å². The second kappa shape index (κ2) is 3.93. The summed E-state index contributed by atoms with van der Waals surface area (Å²) >= 11 is 0. The maximum atomic E-state index is 8.83. The summed E-state index contributed by atoms with van der Waals surface area (Å²) in [4.78, 5) is 0. The number of hydrogen-bond acceptors (Lipinski definition) is 2. The van der Waals surface area contributed by atoms with Gasteiger partial charge in [-0.15, -0.1) is 6.58 Å². The molecule has 0 aromatic rings. The van der Waals surface area contributed by atoms with Crippen LogP contribution in [0.2, 0.25) is 0 Å². The first kappa shape index (κ1) is 8.82. The maximum absolute atomic E-state index is 8.83. The molecule has 1 aliphatic rings. The third-order valence-corrected chi connectivity index (χ3v) is 2.46. The molecule has 0 aromatic carbocycles. The molecular formula is C8H15BO2. The van der Waals surface area contributed by atoms with Crippen molar-refractivity contribution in [2.24, 2.45) is 5.92 Å². The molecule has 2 nitrogen and oxygen atoms in total. The Labute approximate surface area is 68.1 Å². The van der Waals surface area contributed by atoms with Crippen LogP contribution in [0.15, 0.2) is 12.1 Å². The van der Waals surface area contributed by atoms with E-state index >= 15 is 0 Å². The molecule has 62 valence electrons. The summed E-state index contributed by atoms with van der Waals surface area (Å²) in [5.74, 6) is 0.351. The Morgan fingerprint density at radius 2 is 1.73 bits per heavy atom. The van der Waals surface area contributed by atoms with E-state index in [2.05, 4.69) is 6.58 Å². The van der Waals surface area contributed by atoms with E-state index in [1.54, 1.807) is 0 Å². The second-order valence-corrected chi connectivity index (χ2v) is 3.28. The van der Waals surface area contributed by atoms with E-state index < -0.39 is 7.12 Å². The van der Waals surface area contributed by atoms with Crippen LogP contribution in [-0.2, 0) is 0 Å². The van der Waals surface area contributed by atoms with E-state index in [-0.39, 0.29) is 0 Å². The van der Waals surface area contributed by atoms with Crippen molar-refractivity contribution in [2.45, 2.75) is 32.1 Å². The number of allylic oxidation sites excluding steroid dienone is 1. The van der Waals surface area contributed by atoms with Crippen LogP contribution in [0, 0.1) is 5.92 Å². The van der Waals surface area contributed by atoms with Crippen LogP contribution in [0.4, 0.5) is 0 Å². The van der Waals surface area contributed by atoms with Crippen LogP contribution in [0.1, 0.15) is 32.1 Å². The average molecular weight is 154 g/mol. The SMILES string of the molecule is C=C(B(O)O)C1CCCCC1. The highest BCUT2D eigenvalue weighted by Crippen LogP contribution is 2.28. The predicted octanol–water partition coefficient (Wildman–Crippen LogP) is 1.13. The minimum atomic E-state index is -1.31. The lowest BCUT2D eigenvalue weighted by atomic mass is 9.68. The summed E-state index contributed by atoms with van der Waals surface area (Å²) in [7, 11) is -1.31. The molecule has 0 heterocycles. The Bertz CT molecular complexity index is 139. The summed E-state index contributed by atoms with van der Waals surface area (Å²) in [5, 5.41) is 17.7. The lowest BCUT2D eigenvalue weighted by molar-refractivity contribution is 0.373. The molecule has 1 rings (SSSR count). The Morgan fingerprint density at radius 1 is 1.18 bits per heavy atom. The Hall–Kier alpha value is -0.275. The Morgan fingerprint density at radius 3 is 2.18 bits per heavy atom. The topological polar surface area (TPSA) is 40.5 Å². The molecule has 0 unspecified atom stereocenters. The molecule has 0 radical (unpaired) electrons. The van der Waals surface area contributed by atoms with Gasteiger partial charge in [-0.2, -0.15) is 0 Å². The highest BCUT2D eigenvalue weighted by Gasteiger charge is 2.23. The van der Waals surface area contributed by atoms with Gasteiger partial charge in [0.25, 0.3) is 0 Å². The highest BCUT2D eigenvalue weighted by atomic mass is 16.4. The standard InChI is InChI=1S/C8H15BO2/c1-7(9(10)11)8-5-3-2-4-6-8/h8,10-11H,1-6H2. The van der Waals surface area contributed by atoms with Gasteiger partial charge in [0.1, 0.15) is 0 Å². The third kappa shape index (κ3) is 2.35. The van der Waals surface area contributed by atoms with Crippen LogP contribution < -0.4 is 0 Å². The smallest absolute Gasteiger partial charge is 0.423 e. The van der Waals surface area contributed by atoms with Gasteiger partial charge in [-0.1, -0.05) is 19.3 Å². The molecule has 1 saturated carbocycles. The highest BCUT2D eigenvalue weighted by molar-refractivity contribution is 6.50. The van der Waals surface area contributed by atoms with E-state index in [1.807, 2.05) is 0 Å². The van der Waals surface area contributed by atoms with Crippen molar-refractivity contribution in [3.8, 4) is 0 Å². The van der Waals surface area contributed by atoms with Crippen LogP contribution in [0.5, 0.6) is 0 Å². The second-order valence-electron chi connectivity index (χ2n) is 3.28. The van der Waals surface area contributed by atoms with Crippen LogP contribution in [0.3, 0.4) is 0 Å². The summed E-state index contributed by atoms with van der Waals surface area (Å²) in [6.45, 7) is 3.68. The molecule has 0 amide bonds. The molecule has 0 aromatic heterocycles. The van der Waals surface area contributed by atoms with Gasteiger partial charge in [0.05, 0.1) is 0 Å². The van der Waals surface area contributed by atoms with Gasteiger partial charge in [-0.3, -0.25) is 0 Å². The minimum absolute atomic E-state index is 0.351. The quantitative estimate of drug-likeness (QED) is 0.585. The van der Waals surface area contributed by atoms with Crippen LogP contribution >= 0.6 is 0 Å². The van der Waals surface area contributed by atoms with E-state index in [4.69, 9.17) is 10.0 Å². The van der Waals surface area contributed by atoms with E-state index in [9.17, 15) is 0 Å². The predicted molar refractivity (Wildman–Crippen MR) is 45.9 cm³/mol. The van der Waals surface area contributed by atoms with Crippen molar-refractivity contribution >= 4 is 7.12 Å². The van der Waals surface area contributed by atoms with Gasteiger partial charge in [0.2, 0.25) is 0 Å². The van der Waals surface area contributed by atoms with Crippen molar-refractivity contribution in [3.63, 3.8) is 0 Å². The molecule has 3 heteroatoms. The largest absolute Gasteiger partial charge is 0.483 e. The first-order valence-corrected chi connectivity index (χ1v) is 4.26. The normalized spacial score (nSPS) is 19.8. The molecule has 0 saturated heterocycles. The van der Waals surface area contributed by atoms with Gasteiger partial charge < -0.3 is 10.0 Å². The van der Waals surface area contributed by atoms with E-state index in [0.29, 0.717) is 11.4 Å². The van der Waals surface area contributed by atoms with Crippen LogP contribution in [-0.4, -0.2) is 17.2 Å². The Kier molecular flexibility index (Phi) is 3.15. The van der Waals surface area contributed by atoms with Crippen molar-refractivity contribution in [3.05, 3.63) is 12.1 Å². The summed E-state index contributed by atoms with van der Waals surface area (Å²) < 4.78 is 0. The molecule has 0 atom stereocenters. The molecule has 1 aliphatic carbocycles. The molecule has 2 N–H and O–H groups in total. The molecule has 11 heavy (non-hydrogen) atoms. The summed E-state index contributed by atoms with van der Waals surface area (Å²) in [6.07, 6.45) is 5.85. The van der Waals surface area contributed by atoms with Crippen molar-refractivity contribution in [1.82, 2.24) is 0 Å².